The van der Waals surface area contributed by atoms with Crippen LogP contribution in [-0.2, 0) is 10.8 Å². The van der Waals surface area contributed by atoms with Crippen molar-refractivity contribution in [3.05, 3.63) is 47.0 Å². The molecule has 0 saturated heterocycles. The zero-order valence-electron chi connectivity index (χ0n) is 18.5. The molecular formula is C24H36NOP. The van der Waals surface area contributed by atoms with Crippen LogP contribution in [-0.4, -0.2) is 18.7 Å². The predicted molar refractivity (Wildman–Crippen MR) is 123 cm³/mol. The molecule has 0 fully saturated rings. The van der Waals surface area contributed by atoms with E-state index >= 15 is 0 Å². The van der Waals surface area contributed by atoms with Crippen LogP contribution in [0.15, 0.2) is 30.3 Å². The second-order valence-electron chi connectivity index (χ2n) is 9.53. The lowest BCUT2D eigenvalue weighted by Crippen LogP contribution is -2.25. The molecule has 148 valence electrons. The molecule has 2 rings (SSSR count). The minimum Gasteiger partial charge on any atom is -0.507 e. The number of hydrogen-bond donors (Lipinski definition) is 1. The van der Waals surface area contributed by atoms with Crippen LogP contribution in [0.2, 0.25) is 0 Å². The van der Waals surface area contributed by atoms with Gasteiger partial charge in [-0.15, -0.1) is 0 Å². The number of aryl methyl sites for hydroxylation is 1. The Bertz CT molecular complexity index is 812. The molecule has 2 aromatic carbocycles. The van der Waals surface area contributed by atoms with E-state index in [4.69, 9.17) is 0 Å². The molecule has 0 amide bonds. The monoisotopic (exact) mass is 385 g/mol. The largest absolute Gasteiger partial charge is 0.507 e. The lowest BCUT2D eigenvalue weighted by Gasteiger charge is -2.28. The van der Waals surface area contributed by atoms with Gasteiger partial charge >= 0.3 is 0 Å². The summed E-state index contributed by atoms with van der Waals surface area (Å²) in [6, 6.07) is 10.9. The van der Waals surface area contributed by atoms with E-state index in [1.165, 1.54) is 22.1 Å². The lowest BCUT2D eigenvalue weighted by molar-refractivity contribution is 0.449. The molecule has 3 heteroatoms. The highest BCUT2D eigenvalue weighted by molar-refractivity contribution is 7.56. The van der Waals surface area contributed by atoms with E-state index in [0.29, 0.717) is 14.3 Å². The molecule has 0 bridgehead atoms. The van der Waals surface area contributed by atoms with Crippen LogP contribution in [0.25, 0.3) is 0 Å². The maximum absolute atomic E-state index is 11.1. The molecule has 0 saturated carbocycles. The summed E-state index contributed by atoms with van der Waals surface area (Å²) in [5.74, 6) is 0.460. The summed E-state index contributed by atoms with van der Waals surface area (Å²) in [4.78, 5) is 2.28. The molecule has 0 aliphatic rings. The Kier molecular flexibility index (Phi) is 6.32. The average molecular weight is 386 g/mol. The van der Waals surface area contributed by atoms with Gasteiger partial charge in [0.1, 0.15) is 5.75 Å². The summed E-state index contributed by atoms with van der Waals surface area (Å²) >= 11 is 0. The van der Waals surface area contributed by atoms with Crippen LogP contribution < -0.4 is 15.5 Å². The number of anilines is 1. The van der Waals surface area contributed by atoms with Crippen molar-refractivity contribution in [2.75, 3.05) is 18.5 Å². The van der Waals surface area contributed by atoms with Crippen LogP contribution in [0.3, 0.4) is 0 Å². The van der Waals surface area contributed by atoms with Crippen molar-refractivity contribution in [3.8, 4) is 5.75 Å². The van der Waals surface area contributed by atoms with Gasteiger partial charge in [-0.2, -0.15) is 0 Å². The molecule has 0 heterocycles. The molecule has 2 nitrogen and oxygen atoms in total. The zero-order valence-corrected chi connectivity index (χ0v) is 19.5. The summed E-state index contributed by atoms with van der Waals surface area (Å²) in [7, 11) is 2.56. The first-order valence-corrected chi connectivity index (χ1v) is 10.8. The van der Waals surface area contributed by atoms with Gasteiger partial charge < -0.3 is 10.0 Å². The van der Waals surface area contributed by atoms with Crippen LogP contribution in [0.4, 0.5) is 5.69 Å². The SMILES string of the molecule is CCN(C)c1cccc(C)c1Pc1cc(C(C)(C)C)cc(C(C)(C)C)c1O. The first kappa shape index (κ1) is 21.8. The van der Waals surface area contributed by atoms with E-state index in [1.54, 1.807) is 0 Å². The fraction of sp³-hybridized carbons (Fsp3) is 0.500. The summed E-state index contributed by atoms with van der Waals surface area (Å²) in [6.45, 7) is 18.5. The Balaban J connectivity index is 2.67. The van der Waals surface area contributed by atoms with Crippen molar-refractivity contribution in [1.82, 2.24) is 0 Å². The van der Waals surface area contributed by atoms with Crippen LogP contribution in [0, 0.1) is 6.92 Å². The Morgan fingerprint density at radius 2 is 1.63 bits per heavy atom. The fourth-order valence-electron chi connectivity index (χ4n) is 3.17. The van der Waals surface area contributed by atoms with Gasteiger partial charge in [0, 0.05) is 35.5 Å². The van der Waals surface area contributed by atoms with Gasteiger partial charge in [-0.05, 0) is 47.9 Å². The predicted octanol–water partition coefficient (Wildman–Crippen LogP) is 5.38. The fourth-order valence-corrected chi connectivity index (χ4v) is 4.61. The number of phenolic OH excluding ortho intramolecular Hbond substituents is 1. The van der Waals surface area contributed by atoms with Gasteiger partial charge in [0.15, 0.2) is 0 Å². The van der Waals surface area contributed by atoms with E-state index in [9.17, 15) is 5.11 Å². The highest BCUT2D eigenvalue weighted by Gasteiger charge is 2.25. The lowest BCUT2D eigenvalue weighted by atomic mass is 9.80. The maximum Gasteiger partial charge on any atom is 0.127 e. The normalized spacial score (nSPS) is 12.8. The minimum atomic E-state index is -0.0979. The molecule has 1 N–H and O–H groups in total. The van der Waals surface area contributed by atoms with E-state index in [1.807, 2.05) is 0 Å². The number of benzene rings is 2. The minimum absolute atomic E-state index is 0.0434. The third kappa shape index (κ3) is 4.85. The topological polar surface area (TPSA) is 23.5 Å². The van der Waals surface area contributed by atoms with Crippen molar-refractivity contribution in [3.63, 3.8) is 0 Å². The number of phenols is 1. The molecule has 2 aromatic rings. The third-order valence-electron chi connectivity index (χ3n) is 5.18. The number of rotatable bonds is 4. The van der Waals surface area contributed by atoms with Gasteiger partial charge in [-0.1, -0.05) is 68.3 Å². The molecule has 0 radical (unpaired) electrons. The second-order valence-corrected chi connectivity index (χ2v) is 10.8. The van der Waals surface area contributed by atoms with E-state index in [0.717, 1.165) is 17.4 Å². The molecule has 1 unspecified atom stereocenters. The molecule has 0 aliphatic carbocycles. The quantitative estimate of drug-likeness (QED) is 0.714. The average Bonchev–Trinajstić information content (AvgIpc) is 2.55. The van der Waals surface area contributed by atoms with Gasteiger partial charge in [0.05, 0.1) is 0 Å². The van der Waals surface area contributed by atoms with Crippen molar-refractivity contribution in [1.29, 1.82) is 0 Å². The third-order valence-corrected chi connectivity index (χ3v) is 6.73. The Morgan fingerprint density at radius 1 is 1.00 bits per heavy atom. The standard InChI is InChI=1S/C24H36NOP/c1-10-25(9)19-13-11-12-16(2)22(19)27-20-15-17(23(3,4)5)14-18(21(20)26)24(6,7)8/h11-15,26-27H,10H2,1-9H3. The van der Waals surface area contributed by atoms with Crippen LogP contribution >= 0.6 is 8.58 Å². The first-order chi connectivity index (χ1) is 12.4. The summed E-state index contributed by atoms with van der Waals surface area (Å²) in [6.07, 6.45) is 0. The van der Waals surface area contributed by atoms with E-state index < -0.39 is 0 Å². The highest BCUT2D eigenvalue weighted by atomic mass is 31.1. The van der Waals surface area contributed by atoms with Crippen molar-refractivity contribution < 1.29 is 5.11 Å². The second kappa shape index (κ2) is 7.84. The summed E-state index contributed by atoms with van der Waals surface area (Å²) in [5.41, 5.74) is 4.81. The smallest absolute Gasteiger partial charge is 0.127 e. The molecule has 0 spiro atoms. The van der Waals surface area contributed by atoms with Crippen molar-refractivity contribution in [2.24, 2.45) is 0 Å². The van der Waals surface area contributed by atoms with Gasteiger partial charge in [0.2, 0.25) is 0 Å². The van der Waals surface area contributed by atoms with Gasteiger partial charge in [-0.3, -0.25) is 0 Å². The number of hydrogen-bond acceptors (Lipinski definition) is 2. The maximum atomic E-state index is 11.1. The van der Waals surface area contributed by atoms with Crippen molar-refractivity contribution in [2.45, 2.75) is 66.2 Å². The summed E-state index contributed by atoms with van der Waals surface area (Å²) < 4.78 is 0. The molecular weight excluding hydrogens is 349 g/mol. The Hall–Kier alpha value is -1.53. The van der Waals surface area contributed by atoms with Gasteiger partial charge in [-0.25, -0.2) is 0 Å². The molecule has 1 atom stereocenters. The first-order valence-electron chi connectivity index (χ1n) is 9.82. The Morgan fingerprint density at radius 3 is 2.15 bits per heavy atom. The van der Waals surface area contributed by atoms with Crippen molar-refractivity contribution >= 4 is 24.9 Å². The highest BCUT2D eigenvalue weighted by Crippen LogP contribution is 2.37. The zero-order chi connectivity index (χ0) is 20.6. The number of nitrogens with zero attached hydrogens (tertiary/aromatic N) is 1. The van der Waals surface area contributed by atoms with E-state index in [-0.39, 0.29) is 10.8 Å². The molecule has 27 heavy (non-hydrogen) atoms. The molecule has 0 aliphatic heterocycles. The van der Waals surface area contributed by atoms with Crippen LogP contribution in [0.1, 0.15) is 65.2 Å². The molecule has 0 aromatic heterocycles. The van der Waals surface area contributed by atoms with Crippen LogP contribution in [0.5, 0.6) is 5.75 Å². The Labute approximate surface area is 167 Å². The van der Waals surface area contributed by atoms with Gasteiger partial charge in [0.25, 0.3) is 0 Å². The number of aromatic hydroxyl groups is 1. The summed E-state index contributed by atoms with van der Waals surface area (Å²) in [5, 5.41) is 13.5. The van der Waals surface area contributed by atoms with E-state index in [2.05, 4.69) is 97.7 Å².